The average molecular weight is 393 g/mol. The Balaban J connectivity index is 1.57. The van der Waals surface area contributed by atoms with Crippen LogP contribution in [0, 0.1) is 0 Å². The fourth-order valence-electron chi connectivity index (χ4n) is 2.67. The third kappa shape index (κ3) is 5.04. The van der Waals surface area contributed by atoms with E-state index in [0.717, 1.165) is 5.56 Å². The molecule has 0 saturated heterocycles. The first-order valence-electron chi connectivity index (χ1n) is 8.80. The predicted molar refractivity (Wildman–Crippen MR) is 106 cm³/mol. The number of rotatable bonds is 7. The van der Waals surface area contributed by atoms with Gasteiger partial charge in [0.1, 0.15) is 6.54 Å². The van der Waals surface area contributed by atoms with Crippen molar-refractivity contribution in [3.8, 4) is 0 Å². The maximum absolute atomic E-state index is 12.4. The molecular weight excluding hydrogens is 374 g/mol. The lowest BCUT2D eigenvalue weighted by Gasteiger charge is -2.09. The highest BCUT2D eigenvalue weighted by molar-refractivity contribution is 5.96. The number of carbonyl (C=O) groups is 3. The monoisotopic (exact) mass is 393 g/mol. The van der Waals surface area contributed by atoms with Crippen LogP contribution in [0.4, 0.5) is 0 Å². The van der Waals surface area contributed by atoms with Gasteiger partial charge < -0.3 is 16.4 Å². The van der Waals surface area contributed by atoms with E-state index >= 15 is 0 Å². The molecule has 0 spiro atoms. The van der Waals surface area contributed by atoms with Crippen molar-refractivity contribution >= 4 is 28.6 Å². The molecule has 29 heavy (non-hydrogen) atoms. The summed E-state index contributed by atoms with van der Waals surface area (Å²) in [4.78, 5) is 51.3. The van der Waals surface area contributed by atoms with Crippen LogP contribution in [-0.4, -0.2) is 33.8 Å². The fourth-order valence-corrected chi connectivity index (χ4v) is 2.67. The quantitative estimate of drug-likeness (QED) is 0.516. The number of amides is 3. The number of para-hydroxylation sites is 1. The minimum atomic E-state index is -0.626. The maximum atomic E-state index is 12.4. The van der Waals surface area contributed by atoms with Gasteiger partial charge >= 0.3 is 0 Å². The molecule has 0 aliphatic rings. The van der Waals surface area contributed by atoms with E-state index in [9.17, 15) is 19.2 Å². The van der Waals surface area contributed by atoms with E-state index < -0.39 is 11.8 Å². The molecule has 0 radical (unpaired) electrons. The number of hydrogen-bond acceptors (Lipinski definition) is 5. The van der Waals surface area contributed by atoms with Crippen LogP contribution in [0.1, 0.15) is 15.9 Å². The number of carbonyl (C=O) groups excluding carboxylic acids is 3. The third-order valence-corrected chi connectivity index (χ3v) is 4.17. The molecule has 1 aromatic heterocycles. The van der Waals surface area contributed by atoms with Gasteiger partial charge in [-0.3, -0.25) is 23.7 Å². The molecule has 9 heteroatoms. The molecule has 3 amide bonds. The van der Waals surface area contributed by atoms with Crippen LogP contribution >= 0.6 is 0 Å². The Hall–Kier alpha value is -4.01. The van der Waals surface area contributed by atoms with E-state index in [1.165, 1.54) is 10.9 Å². The number of nitrogens with zero attached hydrogens (tertiary/aromatic N) is 2. The van der Waals surface area contributed by atoms with Crippen LogP contribution in [0.25, 0.3) is 10.9 Å². The summed E-state index contributed by atoms with van der Waals surface area (Å²) in [6, 6.07) is 13.5. The summed E-state index contributed by atoms with van der Waals surface area (Å²) in [6.45, 7) is -0.151. The average Bonchev–Trinajstić information content (AvgIpc) is 2.73. The molecule has 148 valence electrons. The lowest BCUT2D eigenvalue weighted by molar-refractivity contribution is -0.122. The van der Waals surface area contributed by atoms with E-state index in [-0.39, 0.29) is 31.1 Å². The van der Waals surface area contributed by atoms with Gasteiger partial charge in [0.25, 0.3) is 11.5 Å². The highest BCUT2D eigenvalue weighted by Crippen LogP contribution is 2.06. The van der Waals surface area contributed by atoms with Crippen molar-refractivity contribution in [3.05, 3.63) is 76.3 Å². The van der Waals surface area contributed by atoms with Gasteiger partial charge in [-0.25, -0.2) is 4.98 Å². The molecule has 0 aliphatic heterocycles. The van der Waals surface area contributed by atoms with Crippen LogP contribution in [0.5, 0.6) is 0 Å². The van der Waals surface area contributed by atoms with Crippen molar-refractivity contribution in [1.29, 1.82) is 0 Å². The van der Waals surface area contributed by atoms with E-state index in [1.54, 1.807) is 48.5 Å². The van der Waals surface area contributed by atoms with Gasteiger partial charge in [0.05, 0.1) is 23.8 Å². The Bertz CT molecular complexity index is 1120. The Morgan fingerprint density at radius 3 is 2.45 bits per heavy atom. The third-order valence-electron chi connectivity index (χ3n) is 4.17. The van der Waals surface area contributed by atoms with Crippen LogP contribution in [0.15, 0.2) is 59.7 Å². The summed E-state index contributed by atoms with van der Waals surface area (Å²) in [5.41, 5.74) is 6.42. The molecule has 0 bridgehead atoms. The number of primary amides is 1. The van der Waals surface area contributed by atoms with Gasteiger partial charge in [0.2, 0.25) is 11.8 Å². The first-order valence-corrected chi connectivity index (χ1v) is 8.80. The van der Waals surface area contributed by atoms with Crippen molar-refractivity contribution in [2.24, 2.45) is 5.73 Å². The number of benzene rings is 2. The van der Waals surface area contributed by atoms with Crippen LogP contribution in [0.3, 0.4) is 0 Å². The molecule has 0 fully saturated rings. The summed E-state index contributed by atoms with van der Waals surface area (Å²) < 4.78 is 1.25. The number of nitrogens with two attached hydrogens (primary N) is 1. The SMILES string of the molecule is NC(=O)CNC(=O)c1ccc(CNC(=O)Cn2cnc3ccccc3c2=O)cc1. The predicted octanol–water partition coefficient (Wildman–Crippen LogP) is -0.0720. The molecule has 2 aromatic carbocycles. The number of aromatic nitrogens is 2. The highest BCUT2D eigenvalue weighted by Gasteiger charge is 2.09. The van der Waals surface area contributed by atoms with Gasteiger partial charge in [0.15, 0.2) is 0 Å². The molecule has 0 atom stereocenters. The first kappa shape index (κ1) is 19.7. The van der Waals surface area contributed by atoms with Gasteiger partial charge in [-0.15, -0.1) is 0 Å². The second-order valence-corrected chi connectivity index (χ2v) is 6.32. The summed E-state index contributed by atoms with van der Waals surface area (Å²) >= 11 is 0. The highest BCUT2D eigenvalue weighted by atomic mass is 16.2. The van der Waals surface area contributed by atoms with Gasteiger partial charge in [-0.1, -0.05) is 24.3 Å². The van der Waals surface area contributed by atoms with Crippen LogP contribution < -0.4 is 21.9 Å². The Morgan fingerprint density at radius 2 is 1.72 bits per heavy atom. The summed E-state index contributed by atoms with van der Waals surface area (Å²) in [5, 5.41) is 5.57. The topological polar surface area (TPSA) is 136 Å². The molecule has 3 aromatic rings. The summed E-state index contributed by atoms with van der Waals surface area (Å²) in [7, 11) is 0. The van der Waals surface area contributed by atoms with E-state index in [4.69, 9.17) is 5.73 Å². The van der Waals surface area contributed by atoms with E-state index in [2.05, 4.69) is 15.6 Å². The molecular formula is C20H19N5O4. The normalized spacial score (nSPS) is 10.5. The molecule has 0 saturated carbocycles. The zero-order valence-corrected chi connectivity index (χ0v) is 15.4. The Morgan fingerprint density at radius 1 is 1.00 bits per heavy atom. The summed E-state index contributed by atoms with van der Waals surface area (Å²) in [6.07, 6.45) is 1.35. The standard InChI is InChI=1S/C20H19N5O4/c21-17(26)10-23-19(28)14-7-5-13(6-8-14)9-22-18(27)11-25-12-24-16-4-2-1-3-15(16)20(25)29/h1-8,12H,9-11H2,(H2,21,26)(H,22,27)(H,23,28). The Kier molecular flexibility index (Phi) is 5.98. The number of nitrogens with one attached hydrogen (secondary N) is 2. The van der Waals surface area contributed by atoms with Crippen LogP contribution in [-0.2, 0) is 22.7 Å². The van der Waals surface area contributed by atoms with Crippen molar-refractivity contribution in [2.45, 2.75) is 13.1 Å². The molecule has 0 unspecified atom stereocenters. The molecule has 1 heterocycles. The zero-order valence-electron chi connectivity index (χ0n) is 15.4. The second kappa shape index (κ2) is 8.79. The second-order valence-electron chi connectivity index (χ2n) is 6.32. The first-order chi connectivity index (χ1) is 13.9. The van der Waals surface area contributed by atoms with Gasteiger partial charge in [0, 0.05) is 12.1 Å². The smallest absolute Gasteiger partial charge is 0.261 e. The van der Waals surface area contributed by atoms with E-state index in [0.29, 0.717) is 16.5 Å². The molecule has 9 nitrogen and oxygen atoms in total. The van der Waals surface area contributed by atoms with Crippen molar-refractivity contribution in [3.63, 3.8) is 0 Å². The van der Waals surface area contributed by atoms with Crippen molar-refractivity contribution < 1.29 is 14.4 Å². The zero-order chi connectivity index (χ0) is 20.8. The van der Waals surface area contributed by atoms with Gasteiger partial charge in [-0.05, 0) is 29.8 Å². The lowest BCUT2D eigenvalue weighted by atomic mass is 10.1. The molecule has 4 N–H and O–H groups in total. The van der Waals surface area contributed by atoms with E-state index in [1.807, 2.05) is 0 Å². The largest absolute Gasteiger partial charge is 0.368 e. The van der Waals surface area contributed by atoms with Gasteiger partial charge in [-0.2, -0.15) is 0 Å². The fraction of sp³-hybridized carbons (Fsp3) is 0.150. The van der Waals surface area contributed by atoms with Crippen molar-refractivity contribution in [2.75, 3.05) is 6.54 Å². The molecule has 0 aliphatic carbocycles. The van der Waals surface area contributed by atoms with Crippen molar-refractivity contribution in [1.82, 2.24) is 20.2 Å². The molecule has 3 rings (SSSR count). The summed E-state index contributed by atoms with van der Waals surface area (Å²) in [5.74, 6) is -1.38. The number of fused-ring (bicyclic) bond motifs is 1. The minimum absolute atomic E-state index is 0.149. The maximum Gasteiger partial charge on any atom is 0.261 e. The minimum Gasteiger partial charge on any atom is -0.368 e. The van der Waals surface area contributed by atoms with Crippen LogP contribution in [0.2, 0.25) is 0 Å². The number of hydrogen-bond donors (Lipinski definition) is 3. The Labute approximate surface area is 165 Å². The lowest BCUT2D eigenvalue weighted by Crippen LogP contribution is -2.33.